The molecule has 0 radical (unpaired) electrons. The minimum Gasteiger partial charge on any atom is -0.478 e. The van der Waals surface area contributed by atoms with Crippen LogP contribution in [-0.2, 0) is 9.59 Å². The summed E-state index contributed by atoms with van der Waals surface area (Å²) in [7, 11) is 0. The fraction of sp³-hybridized carbons (Fsp3) is 0.486. The van der Waals surface area contributed by atoms with Crippen molar-refractivity contribution in [3.8, 4) is 17.2 Å². The van der Waals surface area contributed by atoms with Crippen molar-refractivity contribution in [2.45, 2.75) is 96.4 Å². The number of carbonyl (C=O) groups excluding carboxylic acids is 2. The monoisotopic (exact) mass is 838 g/mol. The Morgan fingerprint density at radius 3 is 1.94 bits per heavy atom. The summed E-state index contributed by atoms with van der Waals surface area (Å²) in [4.78, 5) is 39.9. The predicted molar refractivity (Wildman–Crippen MR) is 185 cm³/mol. The van der Waals surface area contributed by atoms with Gasteiger partial charge in [-0.05, 0) is 126 Å². The van der Waals surface area contributed by atoms with E-state index in [0.717, 1.165) is 9.64 Å². The molecule has 2 amide bonds. The lowest BCUT2D eigenvalue weighted by Crippen LogP contribution is -2.48. The lowest BCUT2D eigenvalue weighted by atomic mass is 9.95. The van der Waals surface area contributed by atoms with E-state index in [0.29, 0.717) is 42.7 Å². The molecule has 17 heteroatoms. The molecule has 0 aliphatic carbocycles. The minimum atomic E-state index is -5.01. The van der Waals surface area contributed by atoms with Crippen LogP contribution in [0, 0.1) is 17.4 Å². The Hall–Kier alpha value is -4.42. The molecule has 2 fully saturated rings. The van der Waals surface area contributed by atoms with Crippen LogP contribution in [0.5, 0.6) is 17.2 Å². The molecule has 6 rings (SSSR count). The molecule has 0 spiro atoms. The van der Waals surface area contributed by atoms with Gasteiger partial charge in [0.2, 0.25) is 11.8 Å². The highest BCUT2D eigenvalue weighted by Crippen LogP contribution is 2.46. The van der Waals surface area contributed by atoms with E-state index in [2.05, 4.69) is 47.6 Å². The van der Waals surface area contributed by atoms with Crippen LogP contribution in [0.1, 0.15) is 94.0 Å². The maximum absolute atomic E-state index is 14.2. The molecule has 2 aliphatic heterocycles. The zero-order valence-electron chi connectivity index (χ0n) is 29.4. The van der Waals surface area contributed by atoms with E-state index in [-0.39, 0.29) is 36.1 Å². The number of amides is 2. The first-order chi connectivity index (χ1) is 24.4. The molecule has 4 aromatic rings. The number of ether oxygens (including phenoxy) is 3. The van der Waals surface area contributed by atoms with Gasteiger partial charge < -0.3 is 33.1 Å². The van der Waals surface area contributed by atoms with Gasteiger partial charge in [-0.2, -0.15) is 9.97 Å². The van der Waals surface area contributed by atoms with Crippen LogP contribution in [0.2, 0.25) is 0 Å². The summed E-state index contributed by atoms with van der Waals surface area (Å²) in [6.45, 7) is 10.1. The fourth-order valence-electron chi connectivity index (χ4n) is 6.68. The van der Waals surface area contributed by atoms with E-state index in [1.54, 1.807) is 58.6 Å². The van der Waals surface area contributed by atoms with Crippen molar-refractivity contribution in [3.05, 3.63) is 75.0 Å². The third-order valence-electron chi connectivity index (χ3n) is 8.97. The average molecular weight is 839 g/mol. The molecule has 2 aliphatic rings. The molecule has 278 valence electrons. The van der Waals surface area contributed by atoms with Crippen LogP contribution in [0.25, 0.3) is 0 Å². The van der Waals surface area contributed by atoms with Crippen molar-refractivity contribution in [2.24, 2.45) is 0 Å². The number of hydrogen-bond donors (Lipinski definition) is 0. The highest BCUT2D eigenvalue weighted by Gasteiger charge is 2.47. The Bertz CT molecular complexity index is 1930. The summed E-state index contributed by atoms with van der Waals surface area (Å²) in [5.41, 5.74) is -2.71. The van der Waals surface area contributed by atoms with Crippen molar-refractivity contribution in [1.82, 2.24) is 30.1 Å². The smallest absolute Gasteiger partial charge is 0.478 e. The molecular formula is C35H38F3IN6O7. The molecule has 0 saturated carbocycles. The molecule has 2 aromatic heterocycles. The number of aromatic nitrogens is 4. The Morgan fingerprint density at radius 1 is 0.808 bits per heavy atom. The van der Waals surface area contributed by atoms with Crippen LogP contribution in [0.4, 0.5) is 13.2 Å². The first-order valence-electron chi connectivity index (χ1n) is 16.7. The van der Waals surface area contributed by atoms with Gasteiger partial charge in [0.1, 0.15) is 29.3 Å². The third-order valence-corrected chi connectivity index (χ3v) is 9.69. The third kappa shape index (κ3) is 8.13. The first kappa shape index (κ1) is 37.3. The first-order valence-corrected chi connectivity index (χ1v) is 17.7. The molecule has 52 heavy (non-hydrogen) atoms. The summed E-state index contributed by atoms with van der Waals surface area (Å²) in [5.74, 6) is -0.141. The molecule has 4 heterocycles. The van der Waals surface area contributed by atoms with Crippen LogP contribution in [0.15, 0.2) is 51.5 Å². The summed E-state index contributed by atoms with van der Waals surface area (Å²) in [6.07, 6.45) is -3.55. The van der Waals surface area contributed by atoms with Crippen molar-refractivity contribution in [3.63, 3.8) is 0 Å². The Kier molecular flexibility index (Phi) is 10.2. The fourth-order valence-corrected chi connectivity index (χ4v) is 7.04. The van der Waals surface area contributed by atoms with Crippen LogP contribution in [0.3, 0.4) is 0 Å². The normalized spacial score (nSPS) is 19.6. The second-order valence-electron chi connectivity index (χ2n) is 13.8. The van der Waals surface area contributed by atoms with Crippen molar-refractivity contribution < 1.29 is 46.0 Å². The van der Waals surface area contributed by atoms with Gasteiger partial charge in [-0.25, -0.2) is 0 Å². The number of rotatable bonds is 10. The quantitative estimate of drug-likeness (QED) is 0.152. The number of nitrogens with zero attached hydrogens (tertiary/aromatic N) is 6. The van der Waals surface area contributed by atoms with Gasteiger partial charge in [-0.1, -0.05) is 10.3 Å². The summed E-state index contributed by atoms with van der Waals surface area (Å²) >= 11 is 2.16. The Morgan fingerprint density at radius 2 is 1.37 bits per heavy atom. The van der Waals surface area contributed by atoms with Crippen molar-refractivity contribution in [1.29, 1.82) is 0 Å². The van der Waals surface area contributed by atoms with Crippen LogP contribution in [-0.4, -0.2) is 72.5 Å². The summed E-state index contributed by atoms with van der Waals surface area (Å²) in [6, 6.07) is 9.85. The molecule has 0 N–H and O–H groups in total. The zero-order valence-corrected chi connectivity index (χ0v) is 31.5. The molecule has 1 unspecified atom stereocenters. The van der Waals surface area contributed by atoms with Crippen molar-refractivity contribution in [2.75, 3.05) is 13.1 Å². The second kappa shape index (κ2) is 14.2. The van der Waals surface area contributed by atoms with Gasteiger partial charge in [0, 0.05) is 28.1 Å². The van der Waals surface area contributed by atoms with Gasteiger partial charge in [0.15, 0.2) is 22.9 Å². The van der Waals surface area contributed by atoms with E-state index in [4.69, 9.17) is 18.5 Å². The number of carbonyl (C=O) groups is 2. The van der Waals surface area contributed by atoms with Gasteiger partial charge in [-0.15, -0.1) is 13.2 Å². The van der Waals surface area contributed by atoms with Crippen LogP contribution < -0.4 is 14.2 Å². The highest BCUT2D eigenvalue weighted by atomic mass is 127. The summed E-state index contributed by atoms with van der Waals surface area (Å²) < 4.78 is 69.9. The number of halogens is 4. The van der Waals surface area contributed by atoms with Gasteiger partial charge in [0.25, 0.3) is 11.8 Å². The molecule has 3 atom stereocenters. The van der Waals surface area contributed by atoms with E-state index in [9.17, 15) is 22.8 Å². The van der Waals surface area contributed by atoms with E-state index < -0.39 is 47.2 Å². The van der Waals surface area contributed by atoms with E-state index in [1.807, 2.05) is 12.1 Å². The van der Waals surface area contributed by atoms with Gasteiger partial charge in [-0.3, -0.25) is 9.59 Å². The maximum Gasteiger partial charge on any atom is 0.573 e. The Labute approximate surface area is 311 Å². The largest absolute Gasteiger partial charge is 0.573 e. The molecule has 0 bridgehead atoms. The molecular weight excluding hydrogens is 800 g/mol. The zero-order chi connectivity index (χ0) is 37.6. The van der Waals surface area contributed by atoms with E-state index in [1.165, 1.54) is 17.0 Å². The number of benzene rings is 2. The topological polar surface area (TPSA) is 146 Å². The molecule has 2 aromatic carbocycles. The standard InChI is InChI=1S/C35H38F3IN6O7/c1-19-40-29(51-42-19)26-8-7-15-44(26)31(46)33(3,4)49-24-13-14-28(50-35(36,37)38)25(17-24)21-16-27(30-41-20(2)43-52-30)45(18-21)32(47)34(5,6)48-23-11-9-22(39)10-12-23/h9-14,17,21,26-27H,7-8,15-16,18H2,1-6H3/t21?,26-,27-/m0/s1. The maximum atomic E-state index is 14.2. The number of likely N-dealkylation sites (tertiary alicyclic amines) is 2. The lowest BCUT2D eigenvalue weighted by Gasteiger charge is -2.33. The number of aryl methyl sites for hydroxylation is 2. The number of alkyl halides is 3. The van der Waals surface area contributed by atoms with Gasteiger partial charge in [0.05, 0.1) is 0 Å². The van der Waals surface area contributed by atoms with Crippen LogP contribution >= 0.6 is 22.6 Å². The lowest BCUT2D eigenvalue weighted by molar-refractivity contribution is -0.275. The number of hydrogen-bond acceptors (Lipinski definition) is 11. The summed E-state index contributed by atoms with van der Waals surface area (Å²) in [5, 5.41) is 7.74. The second-order valence-corrected chi connectivity index (χ2v) is 15.1. The molecule has 13 nitrogen and oxygen atoms in total. The highest BCUT2D eigenvalue weighted by molar-refractivity contribution is 14.1. The van der Waals surface area contributed by atoms with Gasteiger partial charge >= 0.3 is 6.36 Å². The van der Waals surface area contributed by atoms with E-state index >= 15 is 0 Å². The average Bonchev–Trinajstić information content (AvgIpc) is 3.88. The predicted octanol–water partition coefficient (Wildman–Crippen LogP) is 7.01. The van der Waals surface area contributed by atoms with Crippen molar-refractivity contribution >= 4 is 34.4 Å². The SMILES string of the molecule is Cc1noc([C@@H]2CCCN2C(=O)C(C)(C)Oc2ccc(OC(F)(F)F)c(C3C[C@@H](c4nc(C)no4)N(C(=O)C(C)(C)Oc4ccc(I)cc4)C3)c2)n1. The minimum absolute atomic E-state index is 0.0382. The Balaban J connectivity index is 1.30. The molecule has 2 saturated heterocycles.